The lowest BCUT2D eigenvalue weighted by atomic mass is 9.99. The summed E-state index contributed by atoms with van der Waals surface area (Å²) in [5, 5.41) is 10.5. The van der Waals surface area contributed by atoms with Gasteiger partial charge in [0.1, 0.15) is 12.4 Å². The van der Waals surface area contributed by atoms with E-state index in [4.69, 9.17) is 16.3 Å². The predicted molar refractivity (Wildman–Crippen MR) is 72.5 cm³/mol. The third-order valence-electron chi connectivity index (χ3n) is 3.15. The molecular weight excluding hydrogens is 252 g/mol. The van der Waals surface area contributed by atoms with Crippen LogP contribution in [-0.2, 0) is 0 Å². The van der Waals surface area contributed by atoms with Crippen LogP contribution >= 0.6 is 11.6 Å². The first kappa shape index (κ1) is 15.0. The number of aliphatic hydroxyl groups is 1. The minimum Gasteiger partial charge on any atom is -0.489 e. The Bertz CT molecular complexity index is 425. The average molecular weight is 271 g/mol. The number of ether oxygens (including phenoxy) is 1. The predicted octanol–water partition coefficient (Wildman–Crippen LogP) is 3.47. The van der Waals surface area contributed by atoms with Gasteiger partial charge in [-0.15, -0.1) is 0 Å². The van der Waals surface area contributed by atoms with E-state index in [1.54, 1.807) is 18.2 Å². The van der Waals surface area contributed by atoms with Gasteiger partial charge in [-0.25, -0.2) is 0 Å². The molecule has 3 nitrogen and oxygen atoms in total. The lowest BCUT2D eigenvalue weighted by Gasteiger charge is -2.25. The third kappa shape index (κ3) is 3.72. The van der Waals surface area contributed by atoms with E-state index >= 15 is 0 Å². The third-order valence-corrected chi connectivity index (χ3v) is 3.45. The molecule has 0 radical (unpaired) electrons. The van der Waals surface area contributed by atoms with Crippen molar-refractivity contribution >= 4 is 17.4 Å². The fourth-order valence-electron chi connectivity index (χ4n) is 1.50. The van der Waals surface area contributed by atoms with Gasteiger partial charge in [-0.05, 0) is 38.0 Å². The lowest BCUT2D eigenvalue weighted by Crippen LogP contribution is -2.34. The van der Waals surface area contributed by atoms with E-state index in [9.17, 15) is 9.90 Å². The highest BCUT2D eigenvalue weighted by molar-refractivity contribution is 6.32. The normalized spacial score (nSPS) is 11.4. The second kappa shape index (κ2) is 6.21. The zero-order chi connectivity index (χ0) is 13.8. The smallest absolute Gasteiger partial charge is 0.159 e. The first-order chi connectivity index (χ1) is 8.41. The molecule has 0 saturated heterocycles. The SMILES string of the molecule is CCC(O)(CC)COc1ccc(C(C)=O)cc1Cl. The van der Waals surface area contributed by atoms with Crippen LogP contribution in [0.15, 0.2) is 18.2 Å². The Hall–Kier alpha value is -1.06. The average Bonchev–Trinajstić information content (AvgIpc) is 2.36. The molecule has 1 aromatic carbocycles. The van der Waals surface area contributed by atoms with E-state index < -0.39 is 5.60 Å². The highest BCUT2D eigenvalue weighted by Crippen LogP contribution is 2.27. The monoisotopic (exact) mass is 270 g/mol. The number of carbonyl (C=O) groups excluding carboxylic acids is 1. The maximum absolute atomic E-state index is 11.2. The van der Waals surface area contributed by atoms with Crippen LogP contribution in [0.1, 0.15) is 44.0 Å². The number of hydrogen-bond acceptors (Lipinski definition) is 3. The van der Waals surface area contributed by atoms with Gasteiger partial charge < -0.3 is 9.84 Å². The van der Waals surface area contributed by atoms with Crippen molar-refractivity contribution in [3.63, 3.8) is 0 Å². The fraction of sp³-hybridized carbons (Fsp3) is 0.500. The summed E-state index contributed by atoms with van der Waals surface area (Å²) in [7, 11) is 0. The van der Waals surface area contributed by atoms with E-state index in [0.29, 0.717) is 29.2 Å². The summed E-state index contributed by atoms with van der Waals surface area (Å²) in [4.78, 5) is 11.2. The van der Waals surface area contributed by atoms with E-state index in [-0.39, 0.29) is 12.4 Å². The second-order valence-corrected chi connectivity index (χ2v) is 4.83. The Morgan fingerprint density at radius 2 is 2.00 bits per heavy atom. The number of hydrogen-bond donors (Lipinski definition) is 1. The standard InChI is InChI=1S/C14H19ClO3/c1-4-14(17,5-2)9-18-13-7-6-11(10(3)16)8-12(13)15/h6-8,17H,4-5,9H2,1-3H3. The summed E-state index contributed by atoms with van der Waals surface area (Å²) in [6, 6.07) is 4.90. The van der Waals surface area contributed by atoms with Gasteiger partial charge in [0.2, 0.25) is 0 Å². The van der Waals surface area contributed by atoms with Crippen LogP contribution in [-0.4, -0.2) is 23.1 Å². The molecule has 0 aliphatic heterocycles. The molecule has 0 aliphatic rings. The molecule has 0 aliphatic carbocycles. The molecule has 18 heavy (non-hydrogen) atoms. The number of rotatable bonds is 6. The van der Waals surface area contributed by atoms with Crippen molar-refractivity contribution < 1.29 is 14.6 Å². The molecule has 0 unspecified atom stereocenters. The summed E-state index contributed by atoms with van der Waals surface area (Å²) in [6.07, 6.45) is 1.24. The molecule has 0 spiro atoms. The Labute approximate surface area is 113 Å². The molecule has 0 heterocycles. The highest BCUT2D eigenvalue weighted by Gasteiger charge is 2.23. The Balaban J connectivity index is 2.77. The van der Waals surface area contributed by atoms with Crippen molar-refractivity contribution in [2.75, 3.05) is 6.61 Å². The minimum absolute atomic E-state index is 0.0397. The minimum atomic E-state index is -0.831. The van der Waals surface area contributed by atoms with Crippen LogP contribution in [0.3, 0.4) is 0 Å². The first-order valence-corrected chi connectivity index (χ1v) is 6.45. The molecule has 0 amide bonds. The van der Waals surface area contributed by atoms with Crippen LogP contribution in [0, 0.1) is 0 Å². The van der Waals surface area contributed by atoms with Gasteiger partial charge >= 0.3 is 0 Å². The zero-order valence-corrected chi connectivity index (χ0v) is 11.8. The molecule has 1 aromatic rings. The van der Waals surface area contributed by atoms with Crippen LogP contribution in [0.5, 0.6) is 5.75 Å². The van der Waals surface area contributed by atoms with Crippen molar-refractivity contribution in [2.45, 2.75) is 39.2 Å². The molecular formula is C14H19ClO3. The molecule has 1 rings (SSSR count). The Kier molecular flexibility index (Phi) is 5.17. The largest absolute Gasteiger partial charge is 0.489 e. The van der Waals surface area contributed by atoms with Gasteiger partial charge in [-0.2, -0.15) is 0 Å². The number of benzene rings is 1. The molecule has 1 N–H and O–H groups in total. The van der Waals surface area contributed by atoms with Crippen molar-refractivity contribution in [2.24, 2.45) is 0 Å². The lowest BCUT2D eigenvalue weighted by molar-refractivity contribution is -0.0113. The van der Waals surface area contributed by atoms with E-state index in [0.717, 1.165) is 0 Å². The maximum Gasteiger partial charge on any atom is 0.159 e. The Morgan fingerprint density at radius 1 is 1.39 bits per heavy atom. The molecule has 4 heteroatoms. The van der Waals surface area contributed by atoms with Crippen molar-refractivity contribution in [1.82, 2.24) is 0 Å². The fourth-order valence-corrected chi connectivity index (χ4v) is 1.74. The van der Waals surface area contributed by atoms with E-state index in [1.807, 2.05) is 13.8 Å². The summed E-state index contributed by atoms with van der Waals surface area (Å²) in [5.74, 6) is 0.448. The van der Waals surface area contributed by atoms with E-state index in [2.05, 4.69) is 0 Å². The summed E-state index contributed by atoms with van der Waals surface area (Å²) in [6.45, 7) is 5.50. The summed E-state index contributed by atoms with van der Waals surface area (Å²) < 4.78 is 5.53. The van der Waals surface area contributed by atoms with Crippen molar-refractivity contribution in [1.29, 1.82) is 0 Å². The number of halogens is 1. The maximum atomic E-state index is 11.2. The molecule has 100 valence electrons. The van der Waals surface area contributed by atoms with Gasteiger partial charge in [-0.3, -0.25) is 4.79 Å². The highest BCUT2D eigenvalue weighted by atomic mass is 35.5. The number of carbonyl (C=O) groups is 1. The van der Waals surface area contributed by atoms with Crippen LogP contribution in [0.2, 0.25) is 5.02 Å². The van der Waals surface area contributed by atoms with Crippen LogP contribution in [0.25, 0.3) is 0 Å². The molecule has 0 bridgehead atoms. The number of Topliss-reactive ketones (excluding diaryl/α,β-unsaturated/α-hetero) is 1. The summed E-state index contributed by atoms with van der Waals surface area (Å²) in [5.41, 5.74) is -0.281. The van der Waals surface area contributed by atoms with E-state index in [1.165, 1.54) is 6.92 Å². The van der Waals surface area contributed by atoms with Gasteiger partial charge in [-0.1, -0.05) is 25.4 Å². The number of ketones is 1. The summed E-state index contributed by atoms with van der Waals surface area (Å²) >= 11 is 6.03. The van der Waals surface area contributed by atoms with Crippen LogP contribution < -0.4 is 4.74 Å². The molecule has 0 aromatic heterocycles. The topological polar surface area (TPSA) is 46.5 Å². The van der Waals surface area contributed by atoms with Gasteiger partial charge in [0, 0.05) is 5.56 Å². The van der Waals surface area contributed by atoms with Crippen LogP contribution in [0.4, 0.5) is 0 Å². The molecule has 0 atom stereocenters. The van der Waals surface area contributed by atoms with Gasteiger partial charge in [0.25, 0.3) is 0 Å². The first-order valence-electron chi connectivity index (χ1n) is 6.07. The van der Waals surface area contributed by atoms with Crippen molar-refractivity contribution in [3.8, 4) is 5.75 Å². The van der Waals surface area contributed by atoms with Gasteiger partial charge in [0.15, 0.2) is 5.78 Å². The zero-order valence-electron chi connectivity index (χ0n) is 11.0. The molecule has 0 saturated carbocycles. The quantitative estimate of drug-likeness (QED) is 0.805. The van der Waals surface area contributed by atoms with Gasteiger partial charge in [0.05, 0.1) is 10.6 Å². The van der Waals surface area contributed by atoms with Crippen molar-refractivity contribution in [3.05, 3.63) is 28.8 Å². The molecule has 0 fully saturated rings. The Morgan fingerprint density at radius 3 is 2.44 bits per heavy atom. The second-order valence-electron chi connectivity index (χ2n) is 4.42.